The van der Waals surface area contributed by atoms with Crippen LogP contribution in [0, 0.1) is 12.8 Å². The van der Waals surface area contributed by atoms with Crippen LogP contribution in [-0.4, -0.2) is 42.8 Å². The Kier molecular flexibility index (Phi) is 4.27. The zero-order valence-electron chi connectivity index (χ0n) is 11.3. The molecule has 0 bridgehead atoms. The molecular weight excluding hydrogens is 244 g/mol. The zero-order chi connectivity index (χ0) is 13.8. The molecule has 2 amide bonds. The van der Waals surface area contributed by atoms with E-state index in [1.165, 1.54) is 0 Å². The Morgan fingerprint density at radius 2 is 2.37 bits per heavy atom. The van der Waals surface area contributed by atoms with Crippen molar-refractivity contribution in [2.75, 3.05) is 32.1 Å². The molecule has 5 nitrogen and oxygen atoms in total. The van der Waals surface area contributed by atoms with Crippen molar-refractivity contribution in [2.24, 2.45) is 5.92 Å². The van der Waals surface area contributed by atoms with Gasteiger partial charge in [-0.25, -0.2) is 4.79 Å². The molecule has 0 radical (unpaired) electrons. The molecule has 5 heteroatoms. The molecule has 0 aliphatic carbocycles. The smallest absolute Gasteiger partial charge is 0.321 e. The number of hydrogen-bond acceptors (Lipinski definition) is 3. The summed E-state index contributed by atoms with van der Waals surface area (Å²) < 4.78 is 5.18. The number of carbonyl (C=O) groups is 1. The topological polar surface area (TPSA) is 61.8 Å². The van der Waals surface area contributed by atoms with Gasteiger partial charge in [0.25, 0.3) is 0 Å². The monoisotopic (exact) mass is 264 g/mol. The summed E-state index contributed by atoms with van der Waals surface area (Å²) in [6.45, 7) is 3.40. The molecule has 0 spiro atoms. The van der Waals surface area contributed by atoms with Crippen molar-refractivity contribution in [3.63, 3.8) is 0 Å². The number of methoxy groups -OCH3 is 1. The first kappa shape index (κ1) is 13.7. The second kappa shape index (κ2) is 5.93. The van der Waals surface area contributed by atoms with E-state index in [4.69, 9.17) is 9.84 Å². The van der Waals surface area contributed by atoms with Gasteiger partial charge in [-0.2, -0.15) is 0 Å². The molecule has 1 saturated heterocycles. The average molecular weight is 264 g/mol. The van der Waals surface area contributed by atoms with Crippen molar-refractivity contribution in [1.29, 1.82) is 0 Å². The zero-order valence-corrected chi connectivity index (χ0v) is 11.3. The molecule has 1 aromatic rings. The Morgan fingerprint density at radius 1 is 1.58 bits per heavy atom. The van der Waals surface area contributed by atoms with E-state index in [2.05, 4.69) is 5.32 Å². The van der Waals surface area contributed by atoms with Gasteiger partial charge in [0, 0.05) is 31.3 Å². The Labute approximate surface area is 113 Å². The summed E-state index contributed by atoms with van der Waals surface area (Å²) in [6.07, 6.45) is 0.867. The SMILES string of the molecule is COc1ccc(NC(=O)N2CCC(CO)C2)cc1C. The van der Waals surface area contributed by atoms with Crippen LogP contribution in [0.3, 0.4) is 0 Å². The minimum absolute atomic E-state index is 0.111. The Balaban J connectivity index is 1.97. The highest BCUT2D eigenvalue weighted by Crippen LogP contribution is 2.22. The highest BCUT2D eigenvalue weighted by molar-refractivity contribution is 5.89. The van der Waals surface area contributed by atoms with Gasteiger partial charge in [0.05, 0.1) is 7.11 Å². The summed E-state index contributed by atoms with van der Waals surface area (Å²) in [5, 5.41) is 11.9. The number of nitrogens with one attached hydrogen (secondary N) is 1. The lowest BCUT2D eigenvalue weighted by Crippen LogP contribution is -2.33. The largest absolute Gasteiger partial charge is 0.496 e. The van der Waals surface area contributed by atoms with E-state index in [0.717, 1.165) is 23.4 Å². The van der Waals surface area contributed by atoms with Crippen molar-refractivity contribution in [1.82, 2.24) is 4.90 Å². The fourth-order valence-electron chi connectivity index (χ4n) is 2.32. The summed E-state index contributed by atoms with van der Waals surface area (Å²) in [5.74, 6) is 1.02. The molecule has 1 fully saturated rings. The third-order valence-corrected chi connectivity index (χ3v) is 3.48. The summed E-state index contributed by atoms with van der Waals surface area (Å²) >= 11 is 0. The van der Waals surface area contributed by atoms with Crippen molar-refractivity contribution >= 4 is 11.7 Å². The number of anilines is 1. The molecule has 19 heavy (non-hydrogen) atoms. The first-order valence-electron chi connectivity index (χ1n) is 6.45. The Hall–Kier alpha value is -1.75. The van der Waals surface area contributed by atoms with Gasteiger partial charge in [-0.3, -0.25) is 0 Å². The first-order valence-corrected chi connectivity index (χ1v) is 6.45. The molecule has 1 atom stereocenters. The number of likely N-dealkylation sites (tertiary alicyclic amines) is 1. The standard InChI is InChI=1S/C14H20N2O3/c1-10-7-12(3-4-13(10)19-2)15-14(18)16-6-5-11(8-16)9-17/h3-4,7,11,17H,5-6,8-9H2,1-2H3,(H,15,18). The number of ether oxygens (including phenoxy) is 1. The maximum Gasteiger partial charge on any atom is 0.321 e. The highest BCUT2D eigenvalue weighted by atomic mass is 16.5. The third kappa shape index (κ3) is 3.17. The van der Waals surface area contributed by atoms with Crippen LogP contribution in [-0.2, 0) is 0 Å². The Morgan fingerprint density at radius 3 is 2.95 bits per heavy atom. The molecule has 2 N–H and O–H groups in total. The van der Waals surface area contributed by atoms with E-state index in [-0.39, 0.29) is 18.6 Å². The second-order valence-corrected chi connectivity index (χ2v) is 4.90. The molecule has 0 aromatic heterocycles. The molecule has 1 aliphatic rings. The van der Waals surface area contributed by atoms with Crippen LogP contribution in [0.5, 0.6) is 5.75 Å². The minimum Gasteiger partial charge on any atom is -0.496 e. The van der Waals surface area contributed by atoms with Crippen LogP contribution in [0.1, 0.15) is 12.0 Å². The van der Waals surface area contributed by atoms with Crippen LogP contribution in [0.4, 0.5) is 10.5 Å². The summed E-state index contributed by atoms with van der Waals surface area (Å²) in [6, 6.07) is 5.44. The molecule has 1 unspecified atom stereocenters. The Bertz CT molecular complexity index is 462. The van der Waals surface area contributed by atoms with Crippen LogP contribution < -0.4 is 10.1 Å². The number of rotatable bonds is 3. The maximum absolute atomic E-state index is 12.0. The predicted molar refractivity (Wildman–Crippen MR) is 73.5 cm³/mol. The fraction of sp³-hybridized carbons (Fsp3) is 0.500. The number of hydrogen-bond donors (Lipinski definition) is 2. The number of benzene rings is 1. The van der Waals surface area contributed by atoms with Gasteiger partial charge in [0.1, 0.15) is 5.75 Å². The normalized spacial score (nSPS) is 18.5. The van der Waals surface area contributed by atoms with E-state index < -0.39 is 0 Å². The molecule has 1 aromatic carbocycles. The fourth-order valence-corrected chi connectivity index (χ4v) is 2.32. The molecule has 1 heterocycles. The minimum atomic E-state index is -0.111. The average Bonchev–Trinajstić information content (AvgIpc) is 2.88. The van der Waals surface area contributed by atoms with Crippen molar-refractivity contribution < 1.29 is 14.6 Å². The van der Waals surface area contributed by atoms with E-state index in [1.807, 2.05) is 25.1 Å². The van der Waals surface area contributed by atoms with Gasteiger partial charge in [-0.05, 0) is 37.1 Å². The van der Waals surface area contributed by atoms with Gasteiger partial charge in [0.15, 0.2) is 0 Å². The number of amides is 2. The molecule has 1 aliphatic heterocycles. The number of aryl methyl sites for hydroxylation is 1. The quantitative estimate of drug-likeness (QED) is 0.875. The van der Waals surface area contributed by atoms with Crippen LogP contribution in [0.25, 0.3) is 0 Å². The summed E-state index contributed by atoms with van der Waals surface area (Å²) in [4.78, 5) is 13.8. The summed E-state index contributed by atoms with van der Waals surface area (Å²) in [7, 11) is 1.62. The lowest BCUT2D eigenvalue weighted by Gasteiger charge is -2.17. The van der Waals surface area contributed by atoms with E-state index in [0.29, 0.717) is 13.1 Å². The number of urea groups is 1. The van der Waals surface area contributed by atoms with Gasteiger partial charge in [-0.15, -0.1) is 0 Å². The third-order valence-electron chi connectivity index (χ3n) is 3.48. The predicted octanol–water partition coefficient (Wildman–Crippen LogP) is 1.85. The van der Waals surface area contributed by atoms with Crippen molar-refractivity contribution in [3.05, 3.63) is 23.8 Å². The van der Waals surface area contributed by atoms with Crippen LogP contribution >= 0.6 is 0 Å². The number of aliphatic hydroxyl groups is 1. The van der Waals surface area contributed by atoms with Gasteiger partial charge in [0.2, 0.25) is 0 Å². The van der Waals surface area contributed by atoms with E-state index in [9.17, 15) is 4.79 Å². The molecule has 104 valence electrons. The summed E-state index contributed by atoms with van der Waals surface area (Å²) in [5.41, 5.74) is 1.74. The van der Waals surface area contributed by atoms with Crippen molar-refractivity contribution in [3.8, 4) is 5.75 Å². The maximum atomic E-state index is 12.0. The molecular formula is C14H20N2O3. The number of nitrogens with zero attached hydrogens (tertiary/aromatic N) is 1. The van der Waals surface area contributed by atoms with Crippen molar-refractivity contribution in [2.45, 2.75) is 13.3 Å². The second-order valence-electron chi connectivity index (χ2n) is 4.90. The van der Waals surface area contributed by atoms with Gasteiger partial charge in [-0.1, -0.05) is 0 Å². The lowest BCUT2D eigenvalue weighted by molar-refractivity contribution is 0.209. The van der Waals surface area contributed by atoms with Crippen LogP contribution in [0.2, 0.25) is 0 Å². The van der Waals surface area contributed by atoms with E-state index >= 15 is 0 Å². The van der Waals surface area contributed by atoms with Gasteiger partial charge >= 0.3 is 6.03 Å². The first-order chi connectivity index (χ1) is 9.13. The number of carbonyl (C=O) groups excluding carboxylic acids is 1. The highest BCUT2D eigenvalue weighted by Gasteiger charge is 2.25. The number of aliphatic hydroxyl groups excluding tert-OH is 1. The molecule has 2 rings (SSSR count). The molecule has 0 saturated carbocycles. The van der Waals surface area contributed by atoms with E-state index in [1.54, 1.807) is 12.0 Å². The van der Waals surface area contributed by atoms with Gasteiger partial charge < -0.3 is 20.1 Å². The van der Waals surface area contributed by atoms with Crippen LogP contribution in [0.15, 0.2) is 18.2 Å². The lowest BCUT2D eigenvalue weighted by atomic mass is 10.1.